The molecule has 27 heavy (non-hydrogen) atoms. The standard InChI is InChI=1S/C20H23N3O3S/c1-12-11-17(13(2)27-12)18(24)9-10-19(25)21-14-3-5-15(6-4-14)22-20(26)23-16-7-8-16/h3-6,11,16H,7-10H2,1-2H3,(H,21,25)(H2,22,23,26). The molecular formula is C20H23N3O3S. The average molecular weight is 385 g/mol. The molecule has 1 fully saturated rings. The van der Waals surface area contributed by atoms with Crippen molar-refractivity contribution in [1.82, 2.24) is 5.32 Å². The van der Waals surface area contributed by atoms with Crippen LogP contribution in [0.1, 0.15) is 45.8 Å². The molecule has 0 spiro atoms. The van der Waals surface area contributed by atoms with Crippen molar-refractivity contribution < 1.29 is 14.4 Å². The lowest BCUT2D eigenvalue weighted by atomic mass is 10.1. The van der Waals surface area contributed by atoms with Gasteiger partial charge >= 0.3 is 6.03 Å². The van der Waals surface area contributed by atoms with E-state index in [-0.39, 0.29) is 30.6 Å². The fourth-order valence-electron chi connectivity index (χ4n) is 2.71. The second-order valence-electron chi connectivity index (χ2n) is 6.75. The summed E-state index contributed by atoms with van der Waals surface area (Å²) in [7, 11) is 0. The first-order chi connectivity index (χ1) is 12.9. The molecular weight excluding hydrogens is 362 g/mol. The SMILES string of the molecule is Cc1cc(C(=O)CCC(=O)Nc2ccc(NC(=O)NC3CC3)cc2)c(C)s1. The molecule has 7 heteroatoms. The lowest BCUT2D eigenvalue weighted by Crippen LogP contribution is -2.30. The molecule has 0 bridgehead atoms. The minimum Gasteiger partial charge on any atom is -0.335 e. The Bertz CT molecular complexity index is 854. The summed E-state index contributed by atoms with van der Waals surface area (Å²) in [6.07, 6.45) is 2.39. The number of ketones is 1. The van der Waals surface area contributed by atoms with Crippen molar-refractivity contribution in [3.05, 3.63) is 45.6 Å². The first-order valence-electron chi connectivity index (χ1n) is 8.98. The van der Waals surface area contributed by atoms with Crippen LogP contribution in [0, 0.1) is 13.8 Å². The molecule has 3 N–H and O–H groups in total. The van der Waals surface area contributed by atoms with E-state index in [2.05, 4.69) is 16.0 Å². The molecule has 0 aliphatic heterocycles. The number of hydrogen-bond acceptors (Lipinski definition) is 4. The van der Waals surface area contributed by atoms with Crippen LogP contribution in [-0.2, 0) is 4.79 Å². The number of thiophene rings is 1. The number of urea groups is 1. The summed E-state index contributed by atoms with van der Waals surface area (Å²) >= 11 is 1.59. The van der Waals surface area contributed by atoms with Gasteiger partial charge in [0.25, 0.3) is 0 Å². The van der Waals surface area contributed by atoms with Gasteiger partial charge in [-0.1, -0.05) is 0 Å². The molecule has 0 unspecified atom stereocenters. The highest BCUT2D eigenvalue weighted by molar-refractivity contribution is 7.12. The topological polar surface area (TPSA) is 87.3 Å². The van der Waals surface area contributed by atoms with Crippen LogP contribution in [-0.4, -0.2) is 23.8 Å². The summed E-state index contributed by atoms with van der Waals surface area (Å²) in [5.74, 6) is -0.214. The van der Waals surface area contributed by atoms with Gasteiger partial charge in [0.1, 0.15) is 0 Å². The van der Waals surface area contributed by atoms with Gasteiger partial charge in [-0.05, 0) is 57.0 Å². The molecule has 0 saturated heterocycles. The second kappa shape index (κ2) is 8.35. The van der Waals surface area contributed by atoms with Crippen LogP contribution >= 0.6 is 11.3 Å². The number of carbonyl (C=O) groups excluding carboxylic acids is 3. The van der Waals surface area contributed by atoms with Crippen LogP contribution in [0.3, 0.4) is 0 Å². The zero-order valence-electron chi connectivity index (χ0n) is 15.4. The van der Waals surface area contributed by atoms with Crippen molar-refractivity contribution in [3.63, 3.8) is 0 Å². The fraction of sp³-hybridized carbons (Fsp3) is 0.350. The number of Topliss-reactive ketones (excluding diaryl/α,β-unsaturated/α-hetero) is 1. The van der Waals surface area contributed by atoms with E-state index in [0.29, 0.717) is 23.0 Å². The fourth-order valence-corrected chi connectivity index (χ4v) is 3.65. The van der Waals surface area contributed by atoms with E-state index in [1.165, 1.54) is 0 Å². The molecule has 1 saturated carbocycles. The van der Waals surface area contributed by atoms with Gasteiger partial charge < -0.3 is 16.0 Å². The largest absolute Gasteiger partial charge is 0.335 e. The highest BCUT2D eigenvalue weighted by Gasteiger charge is 2.23. The van der Waals surface area contributed by atoms with E-state index in [9.17, 15) is 14.4 Å². The lowest BCUT2D eigenvalue weighted by molar-refractivity contribution is -0.116. The Morgan fingerprint density at radius 1 is 1.00 bits per heavy atom. The second-order valence-corrected chi connectivity index (χ2v) is 8.21. The third-order valence-corrected chi connectivity index (χ3v) is 5.23. The molecule has 1 heterocycles. The number of benzene rings is 1. The smallest absolute Gasteiger partial charge is 0.319 e. The number of hydrogen-bond donors (Lipinski definition) is 3. The van der Waals surface area contributed by atoms with Crippen LogP contribution in [0.5, 0.6) is 0 Å². The molecule has 3 amide bonds. The number of carbonyl (C=O) groups is 3. The molecule has 1 aliphatic carbocycles. The lowest BCUT2D eigenvalue weighted by Gasteiger charge is -2.08. The Morgan fingerprint density at radius 3 is 2.19 bits per heavy atom. The van der Waals surface area contributed by atoms with Crippen molar-refractivity contribution in [2.45, 2.75) is 45.6 Å². The third kappa shape index (κ3) is 5.65. The molecule has 0 radical (unpaired) electrons. The summed E-state index contributed by atoms with van der Waals surface area (Å²) in [5, 5.41) is 8.37. The Kier molecular flexibility index (Phi) is 5.91. The molecule has 1 aliphatic rings. The van der Waals surface area contributed by atoms with Crippen LogP contribution in [0.2, 0.25) is 0 Å². The molecule has 142 valence electrons. The summed E-state index contributed by atoms with van der Waals surface area (Å²) in [6.45, 7) is 3.89. The van der Waals surface area contributed by atoms with E-state index in [4.69, 9.17) is 0 Å². The summed E-state index contributed by atoms with van der Waals surface area (Å²) in [6, 6.07) is 8.86. The predicted octanol–water partition coefficient (Wildman–Crippen LogP) is 4.25. The van der Waals surface area contributed by atoms with Gasteiger partial charge in [0.2, 0.25) is 5.91 Å². The van der Waals surface area contributed by atoms with Gasteiger partial charge in [0.05, 0.1) is 0 Å². The maximum absolute atomic E-state index is 12.2. The molecule has 0 atom stereocenters. The zero-order valence-corrected chi connectivity index (χ0v) is 16.2. The number of nitrogens with one attached hydrogen (secondary N) is 3. The van der Waals surface area contributed by atoms with E-state index in [1.807, 2.05) is 19.9 Å². The normalized spacial score (nSPS) is 13.1. The maximum Gasteiger partial charge on any atom is 0.319 e. The van der Waals surface area contributed by atoms with E-state index in [0.717, 1.165) is 22.6 Å². The van der Waals surface area contributed by atoms with E-state index >= 15 is 0 Å². The quantitative estimate of drug-likeness (QED) is 0.623. The number of rotatable bonds is 7. The first kappa shape index (κ1) is 19.1. The van der Waals surface area contributed by atoms with Gasteiger partial charge in [-0.25, -0.2) is 4.79 Å². The van der Waals surface area contributed by atoms with Crippen molar-refractivity contribution in [3.8, 4) is 0 Å². The number of amides is 3. The molecule has 6 nitrogen and oxygen atoms in total. The van der Waals surface area contributed by atoms with Crippen LogP contribution in [0.15, 0.2) is 30.3 Å². The van der Waals surface area contributed by atoms with Gasteiger partial charge in [0, 0.05) is 45.6 Å². The predicted molar refractivity (Wildman–Crippen MR) is 108 cm³/mol. The van der Waals surface area contributed by atoms with Crippen molar-refractivity contribution in [2.75, 3.05) is 10.6 Å². The summed E-state index contributed by atoms with van der Waals surface area (Å²) < 4.78 is 0. The number of anilines is 2. The van der Waals surface area contributed by atoms with Crippen LogP contribution in [0.4, 0.5) is 16.2 Å². The third-order valence-electron chi connectivity index (χ3n) is 4.26. The van der Waals surface area contributed by atoms with Crippen molar-refractivity contribution in [2.24, 2.45) is 0 Å². The van der Waals surface area contributed by atoms with Gasteiger partial charge in [-0.3, -0.25) is 9.59 Å². The van der Waals surface area contributed by atoms with Crippen molar-refractivity contribution >= 4 is 40.4 Å². The summed E-state index contributed by atoms with van der Waals surface area (Å²) in [5.41, 5.74) is 2.00. The van der Waals surface area contributed by atoms with E-state index in [1.54, 1.807) is 35.6 Å². The van der Waals surface area contributed by atoms with Crippen molar-refractivity contribution in [1.29, 1.82) is 0 Å². The maximum atomic E-state index is 12.2. The minimum absolute atomic E-state index is 0.00627. The van der Waals surface area contributed by atoms with Gasteiger partial charge in [-0.15, -0.1) is 11.3 Å². The van der Waals surface area contributed by atoms with Crippen LogP contribution < -0.4 is 16.0 Å². The minimum atomic E-state index is -0.216. The molecule has 1 aromatic heterocycles. The average Bonchev–Trinajstić information content (AvgIpc) is 3.36. The van der Waals surface area contributed by atoms with Crippen LogP contribution in [0.25, 0.3) is 0 Å². The van der Waals surface area contributed by atoms with E-state index < -0.39 is 0 Å². The Morgan fingerprint density at radius 2 is 1.63 bits per heavy atom. The number of aryl methyl sites for hydroxylation is 2. The van der Waals surface area contributed by atoms with Gasteiger partial charge in [-0.2, -0.15) is 0 Å². The summed E-state index contributed by atoms with van der Waals surface area (Å²) in [4.78, 5) is 38.1. The molecule has 2 aromatic rings. The Hall–Kier alpha value is -2.67. The molecule has 3 rings (SSSR count). The first-order valence-corrected chi connectivity index (χ1v) is 9.80. The Balaban J connectivity index is 1.45. The zero-order chi connectivity index (χ0) is 19.4. The Labute approximate surface area is 162 Å². The molecule has 1 aromatic carbocycles. The highest BCUT2D eigenvalue weighted by atomic mass is 32.1. The highest BCUT2D eigenvalue weighted by Crippen LogP contribution is 2.22. The monoisotopic (exact) mass is 385 g/mol. The van der Waals surface area contributed by atoms with Gasteiger partial charge in [0.15, 0.2) is 5.78 Å².